The summed E-state index contributed by atoms with van der Waals surface area (Å²) in [4.78, 5) is 24.8. The lowest BCUT2D eigenvalue weighted by Gasteiger charge is -2.17. The first kappa shape index (κ1) is 15.6. The topological polar surface area (TPSA) is 67.4 Å². The molecule has 3 rings (SSSR count). The molecule has 0 aliphatic carbocycles. The highest BCUT2D eigenvalue weighted by Gasteiger charge is 2.16. The van der Waals surface area contributed by atoms with Gasteiger partial charge >= 0.3 is 0 Å². The lowest BCUT2D eigenvalue weighted by molar-refractivity contribution is -0.113. The highest BCUT2D eigenvalue weighted by atomic mass is 32.2. The van der Waals surface area contributed by atoms with E-state index in [-0.39, 0.29) is 11.8 Å². The number of amides is 2. The van der Waals surface area contributed by atoms with Gasteiger partial charge in [-0.15, -0.1) is 11.8 Å². The fraction of sp³-hybridized carbons (Fsp3) is 0.176. The van der Waals surface area contributed by atoms with Gasteiger partial charge in [-0.1, -0.05) is 12.1 Å². The average Bonchev–Trinajstić information content (AvgIpc) is 2.55. The summed E-state index contributed by atoms with van der Waals surface area (Å²) in [5.74, 6) is 0.196. The maximum absolute atomic E-state index is 12.4. The van der Waals surface area contributed by atoms with Crippen LogP contribution in [0, 0.1) is 0 Å². The van der Waals surface area contributed by atoms with Crippen LogP contribution < -0.4 is 10.6 Å². The molecule has 1 heterocycles. The van der Waals surface area contributed by atoms with Crippen LogP contribution in [0.4, 0.5) is 11.4 Å². The molecule has 1 aliphatic heterocycles. The Labute approximate surface area is 138 Å². The predicted molar refractivity (Wildman–Crippen MR) is 90.9 cm³/mol. The van der Waals surface area contributed by atoms with Crippen LogP contribution >= 0.6 is 11.8 Å². The number of ether oxygens (including phenoxy) is 1. The zero-order valence-electron chi connectivity index (χ0n) is 12.6. The van der Waals surface area contributed by atoms with Gasteiger partial charge in [-0.3, -0.25) is 9.59 Å². The summed E-state index contributed by atoms with van der Waals surface area (Å²) in [5, 5.41) is 5.66. The summed E-state index contributed by atoms with van der Waals surface area (Å²) >= 11 is 1.49. The zero-order chi connectivity index (χ0) is 16.2. The van der Waals surface area contributed by atoms with Crippen LogP contribution in [0.5, 0.6) is 0 Å². The van der Waals surface area contributed by atoms with Crippen LogP contribution in [-0.4, -0.2) is 24.7 Å². The summed E-state index contributed by atoms with van der Waals surface area (Å²) in [6.07, 6.45) is 0. The molecule has 2 aromatic carbocycles. The van der Waals surface area contributed by atoms with E-state index in [1.54, 1.807) is 25.3 Å². The van der Waals surface area contributed by atoms with Gasteiger partial charge in [0, 0.05) is 23.3 Å². The number of hydrogen-bond donors (Lipinski definition) is 2. The van der Waals surface area contributed by atoms with E-state index in [4.69, 9.17) is 4.74 Å². The molecule has 0 unspecified atom stereocenters. The normalized spacial score (nSPS) is 13.2. The third kappa shape index (κ3) is 3.72. The third-order valence-electron chi connectivity index (χ3n) is 3.37. The predicted octanol–water partition coefficient (Wildman–Crippen LogP) is 3.13. The Morgan fingerprint density at radius 1 is 1.30 bits per heavy atom. The molecule has 0 atom stereocenters. The molecule has 0 aromatic heterocycles. The number of anilines is 2. The van der Waals surface area contributed by atoms with Crippen LogP contribution in [-0.2, 0) is 16.1 Å². The molecule has 118 valence electrons. The van der Waals surface area contributed by atoms with Crippen molar-refractivity contribution in [1.29, 1.82) is 0 Å². The monoisotopic (exact) mass is 328 g/mol. The van der Waals surface area contributed by atoms with E-state index in [1.807, 2.05) is 24.3 Å². The summed E-state index contributed by atoms with van der Waals surface area (Å²) in [6, 6.07) is 12.8. The lowest BCUT2D eigenvalue weighted by Crippen LogP contribution is -2.19. The number of hydrogen-bond acceptors (Lipinski definition) is 4. The van der Waals surface area contributed by atoms with Crippen LogP contribution in [0.15, 0.2) is 47.4 Å². The van der Waals surface area contributed by atoms with Crippen molar-refractivity contribution in [1.82, 2.24) is 0 Å². The Balaban J connectivity index is 1.76. The number of methoxy groups -OCH3 is 1. The molecular formula is C17H16N2O3S. The molecule has 2 amide bonds. The fourth-order valence-electron chi connectivity index (χ4n) is 2.33. The highest BCUT2D eigenvalue weighted by molar-refractivity contribution is 8.00. The van der Waals surface area contributed by atoms with Crippen molar-refractivity contribution in [2.45, 2.75) is 11.5 Å². The molecule has 1 aliphatic rings. The first-order valence-corrected chi connectivity index (χ1v) is 8.10. The van der Waals surface area contributed by atoms with Gasteiger partial charge < -0.3 is 15.4 Å². The van der Waals surface area contributed by atoms with Crippen LogP contribution in [0.1, 0.15) is 15.9 Å². The van der Waals surface area contributed by atoms with Crippen LogP contribution in [0.3, 0.4) is 0 Å². The SMILES string of the molecule is COCc1cccc(C(=O)Nc2ccc3c(c2)NC(=O)CS3)c1. The fourth-order valence-corrected chi connectivity index (χ4v) is 3.12. The second kappa shape index (κ2) is 6.85. The minimum absolute atomic E-state index is 0.0294. The van der Waals surface area contributed by atoms with E-state index in [0.29, 0.717) is 23.6 Å². The number of rotatable bonds is 4. The number of nitrogens with one attached hydrogen (secondary N) is 2. The molecular weight excluding hydrogens is 312 g/mol. The highest BCUT2D eigenvalue weighted by Crippen LogP contribution is 2.33. The zero-order valence-corrected chi connectivity index (χ0v) is 13.4. The molecule has 0 fully saturated rings. The van der Waals surface area contributed by atoms with Crippen molar-refractivity contribution in [3.8, 4) is 0 Å². The molecule has 2 N–H and O–H groups in total. The Bertz CT molecular complexity index is 761. The summed E-state index contributed by atoms with van der Waals surface area (Å²) in [7, 11) is 1.62. The van der Waals surface area contributed by atoms with Gasteiger partial charge in [-0.25, -0.2) is 0 Å². The second-order valence-electron chi connectivity index (χ2n) is 5.14. The van der Waals surface area contributed by atoms with Crippen LogP contribution in [0.2, 0.25) is 0 Å². The molecule has 5 nitrogen and oxygen atoms in total. The Morgan fingerprint density at radius 3 is 3.00 bits per heavy atom. The molecule has 0 saturated carbocycles. The maximum atomic E-state index is 12.4. The van der Waals surface area contributed by atoms with Crippen molar-refractivity contribution < 1.29 is 14.3 Å². The largest absolute Gasteiger partial charge is 0.380 e. The number of fused-ring (bicyclic) bond motifs is 1. The minimum atomic E-state index is -0.197. The molecule has 6 heteroatoms. The quantitative estimate of drug-likeness (QED) is 0.905. The van der Waals surface area contributed by atoms with Crippen molar-refractivity contribution in [2.75, 3.05) is 23.5 Å². The van der Waals surface area contributed by atoms with Gasteiger partial charge in [0.1, 0.15) is 0 Å². The van der Waals surface area contributed by atoms with Crippen molar-refractivity contribution in [3.63, 3.8) is 0 Å². The summed E-state index contributed by atoms with van der Waals surface area (Å²) < 4.78 is 5.08. The average molecular weight is 328 g/mol. The summed E-state index contributed by atoms with van der Waals surface area (Å²) in [5.41, 5.74) is 2.89. The standard InChI is InChI=1S/C17H16N2O3S/c1-22-9-11-3-2-4-12(7-11)17(21)18-13-5-6-15-14(8-13)19-16(20)10-23-15/h2-8H,9-10H2,1H3,(H,18,21)(H,19,20). The number of benzene rings is 2. The van der Waals surface area contributed by atoms with E-state index in [9.17, 15) is 9.59 Å². The second-order valence-corrected chi connectivity index (χ2v) is 6.15. The van der Waals surface area contributed by atoms with Crippen molar-refractivity contribution >= 4 is 35.0 Å². The Kier molecular flexibility index (Phi) is 4.64. The minimum Gasteiger partial charge on any atom is -0.380 e. The molecule has 0 spiro atoms. The molecule has 0 saturated heterocycles. The van der Waals surface area contributed by atoms with Crippen molar-refractivity contribution in [3.05, 3.63) is 53.6 Å². The van der Waals surface area contributed by atoms with Gasteiger partial charge in [-0.05, 0) is 35.9 Å². The first-order chi connectivity index (χ1) is 11.2. The molecule has 0 bridgehead atoms. The van der Waals surface area contributed by atoms with Crippen molar-refractivity contribution in [2.24, 2.45) is 0 Å². The van der Waals surface area contributed by atoms with Gasteiger partial charge in [0.15, 0.2) is 0 Å². The van der Waals surface area contributed by atoms with Gasteiger partial charge in [0.2, 0.25) is 5.91 Å². The van der Waals surface area contributed by atoms with Crippen LogP contribution in [0.25, 0.3) is 0 Å². The molecule has 23 heavy (non-hydrogen) atoms. The van der Waals surface area contributed by atoms with Gasteiger partial charge in [0.25, 0.3) is 5.91 Å². The third-order valence-corrected chi connectivity index (χ3v) is 4.44. The first-order valence-electron chi connectivity index (χ1n) is 7.11. The number of carbonyl (C=O) groups is 2. The Hall–Kier alpha value is -2.31. The molecule has 2 aromatic rings. The van der Waals surface area contributed by atoms with Gasteiger partial charge in [-0.2, -0.15) is 0 Å². The van der Waals surface area contributed by atoms with E-state index in [1.165, 1.54) is 11.8 Å². The number of thioether (sulfide) groups is 1. The Morgan fingerprint density at radius 2 is 2.17 bits per heavy atom. The lowest BCUT2D eigenvalue weighted by atomic mass is 10.1. The number of carbonyl (C=O) groups excluding carboxylic acids is 2. The van der Waals surface area contributed by atoms with E-state index in [0.717, 1.165) is 16.1 Å². The summed E-state index contributed by atoms with van der Waals surface area (Å²) in [6.45, 7) is 0.462. The van der Waals surface area contributed by atoms with Gasteiger partial charge in [0.05, 0.1) is 18.0 Å². The molecule has 0 radical (unpaired) electrons. The maximum Gasteiger partial charge on any atom is 0.255 e. The smallest absolute Gasteiger partial charge is 0.255 e. The van der Waals surface area contributed by atoms with E-state index >= 15 is 0 Å². The van der Waals surface area contributed by atoms with E-state index in [2.05, 4.69) is 10.6 Å². The van der Waals surface area contributed by atoms with E-state index < -0.39 is 0 Å².